The Morgan fingerprint density at radius 3 is 2.15 bits per heavy atom. The quantitative estimate of drug-likeness (QED) is 0.638. The molecule has 0 amide bonds. The molecule has 2 atom stereocenters. The highest BCUT2D eigenvalue weighted by Gasteiger charge is 2.27. The van der Waals surface area contributed by atoms with Gasteiger partial charge in [-0.15, -0.1) is 6.58 Å². The number of carbonyl (C=O) groups is 1. The lowest BCUT2D eigenvalue weighted by molar-refractivity contribution is 0.0682. The molecule has 1 N–H and O–H groups in total. The predicted molar refractivity (Wildman–Crippen MR) is 80.5 cm³/mol. The molecule has 102 valence electrons. The third-order valence-electron chi connectivity index (χ3n) is 3.34. The molecule has 2 rings (SSSR count). The van der Waals surface area contributed by atoms with E-state index in [1.54, 1.807) is 18.2 Å². The predicted octanol–water partition coefficient (Wildman–Crippen LogP) is 3.80. The van der Waals surface area contributed by atoms with E-state index in [9.17, 15) is 9.90 Å². The van der Waals surface area contributed by atoms with Gasteiger partial charge in [-0.2, -0.15) is 0 Å². The molecule has 0 saturated carbocycles. The summed E-state index contributed by atoms with van der Waals surface area (Å²) in [6.45, 7) is 3.69. The minimum absolute atomic E-state index is 0.0538. The number of aliphatic hydroxyl groups is 1. The summed E-state index contributed by atoms with van der Waals surface area (Å²) in [7, 11) is 0. The fourth-order valence-corrected chi connectivity index (χ4v) is 2.26. The van der Waals surface area contributed by atoms with Gasteiger partial charge in [0.05, 0.1) is 12.0 Å². The SMILES string of the molecule is C=CC[C@H](C(=O)c1ccccc1)[C@@H](O)c1ccccc1. The first kappa shape index (κ1) is 14.2. The number of ketones is 1. The monoisotopic (exact) mass is 266 g/mol. The minimum Gasteiger partial charge on any atom is -0.388 e. The zero-order valence-electron chi connectivity index (χ0n) is 11.3. The van der Waals surface area contributed by atoms with Gasteiger partial charge in [-0.05, 0) is 12.0 Å². The molecule has 0 saturated heterocycles. The molecule has 2 nitrogen and oxygen atoms in total. The molecule has 0 unspecified atom stereocenters. The molecule has 2 aromatic rings. The lowest BCUT2D eigenvalue weighted by Gasteiger charge is -2.21. The molecule has 2 aromatic carbocycles. The Kier molecular flexibility index (Phi) is 4.85. The van der Waals surface area contributed by atoms with Crippen LogP contribution in [0.2, 0.25) is 0 Å². The van der Waals surface area contributed by atoms with Gasteiger partial charge in [0.2, 0.25) is 0 Å². The van der Waals surface area contributed by atoms with Gasteiger partial charge >= 0.3 is 0 Å². The number of carbonyl (C=O) groups excluding carboxylic acids is 1. The summed E-state index contributed by atoms with van der Waals surface area (Å²) >= 11 is 0. The van der Waals surface area contributed by atoms with E-state index in [2.05, 4.69) is 6.58 Å². The van der Waals surface area contributed by atoms with Gasteiger partial charge in [0, 0.05) is 5.56 Å². The highest BCUT2D eigenvalue weighted by molar-refractivity contribution is 5.98. The van der Waals surface area contributed by atoms with Gasteiger partial charge in [0.25, 0.3) is 0 Å². The molecule has 20 heavy (non-hydrogen) atoms. The van der Waals surface area contributed by atoms with Crippen LogP contribution in [0.5, 0.6) is 0 Å². The van der Waals surface area contributed by atoms with Gasteiger partial charge < -0.3 is 5.11 Å². The second kappa shape index (κ2) is 6.83. The minimum atomic E-state index is -0.818. The van der Waals surface area contributed by atoms with Gasteiger partial charge in [0.15, 0.2) is 5.78 Å². The van der Waals surface area contributed by atoms with E-state index in [0.29, 0.717) is 12.0 Å². The Balaban J connectivity index is 2.27. The van der Waals surface area contributed by atoms with Gasteiger partial charge in [-0.25, -0.2) is 0 Å². The van der Waals surface area contributed by atoms with E-state index in [1.807, 2.05) is 48.5 Å². The lowest BCUT2D eigenvalue weighted by atomic mass is 9.86. The third kappa shape index (κ3) is 3.22. The van der Waals surface area contributed by atoms with Crippen molar-refractivity contribution in [1.82, 2.24) is 0 Å². The molecule has 0 aliphatic carbocycles. The van der Waals surface area contributed by atoms with Gasteiger partial charge in [-0.1, -0.05) is 66.7 Å². The molecule has 0 fully saturated rings. The number of hydrogen-bond donors (Lipinski definition) is 1. The maximum absolute atomic E-state index is 12.5. The Hall–Kier alpha value is -2.19. The van der Waals surface area contributed by atoms with Crippen LogP contribution in [0.3, 0.4) is 0 Å². The summed E-state index contributed by atoms with van der Waals surface area (Å²) in [6, 6.07) is 18.3. The first-order chi connectivity index (χ1) is 9.74. The summed E-state index contributed by atoms with van der Waals surface area (Å²) in [5, 5.41) is 10.5. The molecule has 0 heterocycles. The number of allylic oxidation sites excluding steroid dienone is 1. The van der Waals surface area contributed by atoms with Crippen LogP contribution in [-0.2, 0) is 0 Å². The highest BCUT2D eigenvalue weighted by Crippen LogP contribution is 2.28. The van der Waals surface area contributed by atoms with Crippen molar-refractivity contribution < 1.29 is 9.90 Å². The molecule has 0 aliphatic rings. The van der Waals surface area contributed by atoms with E-state index in [1.165, 1.54) is 0 Å². The van der Waals surface area contributed by atoms with E-state index < -0.39 is 12.0 Å². The van der Waals surface area contributed by atoms with Crippen LogP contribution in [0.25, 0.3) is 0 Å². The van der Waals surface area contributed by atoms with Crippen molar-refractivity contribution in [3.05, 3.63) is 84.4 Å². The summed E-state index contributed by atoms with van der Waals surface area (Å²) in [5.74, 6) is -0.556. The van der Waals surface area contributed by atoms with Crippen molar-refractivity contribution in [2.75, 3.05) is 0 Å². The summed E-state index contributed by atoms with van der Waals surface area (Å²) in [4.78, 5) is 12.5. The van der Waals surface area contributed by atoms with Crippen molar-refractivity contribution >= 4 is 5.78 Å². The van der Waals surface area contributed by atoms with Gasteiger partial charge in [0.1, 0.15) is 0 Å². The zero-order chi connectivity index (χ0) is 14.4. The van der Waals surface area contributed by atoms with Crippen LogP contribution < -0.4 is 0 Å². The fraction of sp³-hybridized carbons (Fsp3) is 0.167. The lowest BCUT2D eigenvalue weighted by Crippen LogP contribution is -2.22. The Bertz CT molecular complexity index is 560. The molecular weight excluding hydrogens is 248 g/mol. The van der Waals surface area contributed by atoms with Gasteiger partial charge in [-0.3, -0.25) is 4.79 Å². The number of aliphatic hydroxyl groups excluding tert-OH is 1. The van der Waals surface area contributed by atoms with Crippen molar-refractivity contribution in [1.29, 1.82) is 0 Å². The van der Waals surface area contributed by atoms with Crippen LogP contribution >= 0.6 is 0 Å². The molecule has 2 heteroatoms. The zero-order valence-corrected chi connectivity index (χ0v) is 11.3. The number of benzene rings is 2. The van der Waals surface area contributed by atoms with E-state index in [0.717, 1.165) is 5.56 Å². The van der Waals surface area contributed by atoms with Crippen LogP contribution in [0.15, 0.2) is 73.3 Å². The van der Waals surface area contributed by atoms with Crippen LogP contribution in [0.1, 0.15) is 28.4 Å². The Morgan fingerprint density at radius 1 is 1.05 bits per heavy atom. The molecule has 0 aromatic heterocycles. The van der Waals surface area contributed by atoms with Crippen molar-refractivity contribution in [2.45, 2.75) is 12.5 Å². The summed E-state index contributed by atoms with van der Waals surface area (Å²) < 4.78 is 0. The van der Waals surface area contributed by atoms with E-state index >= 15 is 0 Å². The number of Topliss-reactive ketones (excluding diaryl/α,β-unsaturated/α-hetero) is 1. The first-order valence-electron chi connectivity index (χ1n) is 6.67. The molecular formula is C18H18O2. The molecule has 0 spiro atoms. The second-order valence-corrected chi connectivity index (χ2v) is 4.72. The van der Waals surface area contributed by atoms with Crippen molar-refractivity contribution in [2.24, 2.45) is 5.92 Å². The maximum atomic E-state index is 12.5. The first-order valence-corrected chi connectivity index (χ1v) is 6.67. The van der Waals surface area contributed by atoms with E-state index in [4.69, 9.17) is 0 Å². The standard InChI is InChI=1S/C18H18O2/c1-2-9-16(17(19)14-10-5-3-6-11-14)18(20)15-12-7-4-8-13-15/h2-8,10-13,16-17,19H,1,9H2/t16-,17-/m0/s1. The molecule has 0 aliphatic heterocycles. The largest absolute Gasteiger partial charge is 0.388 e. The average Bonchev–Trinajstić information content (AvgIpc) is 2.53. The van der Waals surface area contributed by atoms with E-state index in [-0.39, 0.29) is 5.78 Å². The Labute approximate surface area is 119 Å². The van der Waals surface area contributed by atoms with Crippen molar-refractivity contribution in [3.63, 3.8) is 0 Å². The van der Waals surface area contributed by atoms with Crippen LogP contribution in [-0.4, -0.2) is 10.9 Å². The number of rotatable bonds is 6. The topological polar surface area (TPSA) is 37.3 Å². The third-order valence-corrected chi connectivity index (χ3v) is 3.34. The van der Waals surface area contributed by atoms with Crippen molar-refractivity contribution in [3.8, 4) is 0 Å². The smallest absolute Gasteiger partial charge is 0.169 e. The second-order valence-electron chi connectivity index (χ2n) is 4.72. The molecule has 0 radical (unpaired) electrons. The number of hydrogen-bond acceptors (Lipinski definition) is 2. The van der Waals surface area contributed by atoms with Crippen LogP contribution in [0, 0.1) is 5.92 Å². The van der Waals surface area contributed by atoms with Crippen LogP contribution in [0.4, 0.5) is 0 Å². The average molecular weight is 266 g/mol. The summed E-state index contributed by atoms with van der Waals surface area (Å²) in [5.41, 5.74) is 1.37. The summed E-state index contributed by atoms with van der Waals surface area (Å²) in [6.07, 6.45) is 1.31. The molecule has 0 bridgehead atoms. The fourth-order valence-electron chi connectivity index (χ4n) is 2.26. The Morgan fingerprint density at radius 2 is 1.60 bits per heavy atom. The maximum Gasteiger partial charge on any atom is 0.169 e. The normalized spacial score (nSPS) is 13.4. The highest BCUT2D eigenvalue weighted by atomic mass is 16.3.